The zero-order valence-electron chi connectivity index (χ0n) is 16.8. The highest BCUT2D eigenvalue weighted by Crippen LogP contribution is 2.23. The molecule has 0 aliphatic carbocycles. The van der Waals surface area contributed by atoms with Gasteiger partial charge < -0.3 is 19.1 Å². The summed E-state index contributed by atoms with van der Waals surface area (Å²) in [5.74, 6) is 0.773. The van der Waals surface area contributed by atoms with E-state index in [4.69, 9.17) is 4.74 Å². The van der Waals surface area contributed by atoms with Crippen molar-refractivity contribution in [2.45, 2.75) is 24.9 Å². The average molecular weight is 422 g/mol. The molecule has 0 aromatic carbocycles. The summed E-state index contributed by atoms with van der Waals surface area (Å²) in [5, 5.41) is 8.52. The molecule has 0 bridgehead atoms. The highest BCUT2D eigenvalue weighted by atomic mass is 32.2. The third-order valence-corrected chi connectivity index (χ3v) is 7.13. The van der Waals surface area contributed by atoms with Gasteiger partial charge >= 0.3 is 0 Å². The Hall–Kier alpha value is -2.24. The Morgan fingerprint density at radius 2 is 1.76 bits per heavy atom. The van der Waals surface area contributed by atoms with Crippen molar-refractivity contribution in [3.63, 3.8) is 0 Å². The first-order valence-electron chi connectivity index (χ1n) is 9.89. The zero-order valence-corrected chi connectivity index (χ0v) is 17.6. The molecule has 11 heteroatoms. The van der Waals surface area contributed by atoms with Crippen LogP contribution in [-0.2, 0) is 14.8 Å². The Balaban J connectivity index is 1.42. The third-order valence-electron chi connectivity index (χ3n) is 5.34. The van der Waals surface area contributed by atoms with E-state index in [2.05, 4.69) is 25.0 Å². The Bertz CT molecular complexity index is 932. The van der Waals surface area contributed by atoms with Crippen LogP contribution in [-0.4, -0.2) is 85.0 Å². The lowest BCUT2D eigenvalue weighted by Gasteiger charge is -2.34. The lowest BCUT2D eigenvalue weighted by molar-refractivity contribution is 0.122. The van der Waals surface area contributed by atoms with Gasteiger partial charge in [0.05, 0.1) is 31.4 Å². The minimum atomic E-state index is -3.59. The lowest BCUT2D eigenvalue weighted by atomic mass is 10.3. The van der Waals surface area contributed by atoms with E-state index in [1.165, 1.54) is 4.31 Å². The van der Waals surface area contributed by atoms with Crippen molar-refractivity contribution < 1.29 is 13.2 Å². The average Bonchev–Trinajstić information content (AvgIpc) is 3.26. The number of nitrogens with zero attached hydrogens (tertiary/aromatic N) is 7. The smallest absolute Gasteiger partial charge is 0.262 e. The fourth-order valence-electron chi connectivity index (χ4n) is 3.52. The molecule has 2 aliphatic heterocycles. The summed E-state index contributed by atoms with van der Waals surface area (Å²) in [7, 11) is -3.59. The van der Waals surface area contributed by atoms with Crippen LogP contribution >= 0.6 is 0 Å². The van der Waals surface area contributed by atoms with Crippen molar-refractivity contribution in [2.75, 3.05) is 62.3 Å². The van der Waals surface area contributed by atoms with Gasteiger partial charge in [0.1, 0.15) is 0 Å². The highest BCUT2D eigenvalue weighted by Gasteiger charge is 2.31. The first kappa shape index (κ1) is 20.0. The van der Waals surface area contributed by atoms with Crippen molar-refractivity contribution in [2.24, 2.45) is 0 Å². The maximum Gasteiger partial charge on any atom is 0.262 e. The van der Waals surface area contributed by atoms with Crippen LogP contribution in [0.25, 0.3) is 0 Å². The molecule has 2 aromatic heterocycles. The van der Waals surface area contributed by atoms with Gasteiger partial charge in [0.15, 0.2) is 10.8 Å². The van der Waals surface area contributed by atoms with Gasteiger partial charge in [0, 0.05) is 57.6 Å². The number of ether oxygens (including phenoxy) is 1. The molecular formula is C18H27N7O3S. The number of hydrogen-bond donors (Lipinski definition) is 0. The van der Waals surface area contributed by atoms with E-state index in [-0.39, 0.29) is 11.1 Å². The molecule has 2 fully saturated rings. The van der Waals surface area contributed by atoms with Crippen LogP contribution in [0.1, 0.15) is 19.9 Å². The minimum Gasteiger partial charge on any atom is -0.378 e. The molecule has 0 N–H and O–H groups in total. The van der Waals surface area contributed by atoms with Crippen molar-refractivity contribution in [3.8, 4) is 0 Å². The van der Waals surface area contributed by atoms with E-state index in [1.807, 2.05) is 19.9 Å². The molecule has 2 saturated heterocycles. The molecule has 0 radical (unpaired) electrons. The monoisotopic (exact) mass is 421 g/mol. The third kappa shape index (κ3) is 4.21. The largest absolute Gasteiger partial charge is 0.378 e. The summed E-state index contributed by atoms with van der Waals surface area (Å²) < 4.78 is 34.5. The van der Waals surface area contributed by atoms with E-state index in [9.17, 15) is 8.42 Å². The van der Waals surface area contributed by atoms with E-state index >= 15 is 0 Å². The van der Waals surface area contributed by atoms with Gasteiger partial charge in [-0.3, -0.25) is 0 Å². The van der Waals surface area contributed by atoms with Gasteiger partial charge in [-0.05, 0) is 13.8 Å². The summed E-state index contributed by atoms with van der Waals surface area (Å²) in [6, 6.07) is 2.19. The number of sulfonamides is 1. The number of morpholine rings is 1. The maximum absolute atomic E-state index is 12.9. The van der Waals surface area contributed by atoms with Gasteiger partial charge in [-0.2, -0.15) is 9.40 Å². The molecule has 0 spiro atoms. The molecular weight excluding hydrogens is 394 g/mol. The second-order valence-corrected chi connectivity index (χ2v) is 9.40. The van der Waals surface area contributed by atoms with Crippen LogP contribution in [0.4, 0.5) is 11.5 Å². The highest BCUT2D eigenvalue weighted by molar-refractivity contribution is 7.89. The van der Waals surface area contributed by atoms with Gasteiger partial charge in [-0.25, -0.2) is 13.4 Å². The second kappa shape index (κ2) is 8.25. The van der Waals surface area contributed by atoms with Gasteiger partial charge in [-0.15, -0.1) is 5.10 Å². The molecule has 4 heterocycles. The molecule has 29 heavy (non-hydrogen) atoms. The van der Waals surface area contributed by atoms with Gasteiger partial charge in [-0.1, -0.05) is 0 Å². The van der Waals surface area contributed by atoms with Gasteiger partial charge in [0.2, 0.25) is 0 Å². The molecule has 0 unspecified atom stereocenters. The first-order chi connectivity index (χ1) is 13.9. The number of aromatic nitrogens is 4. The fourth-order valence-corrected chi connectivity index (χ4v) is 4.86. The Labute approximate surface area is 171 Å². The van der Waals surface area contributed by atoms with E-state index in [1.54, 1.807) is 23.3 Å². The number of anilines is 2. The number of imidazole rings is 1. The van der Waals surface area contributed by atoms with Crippen LogP contribution < -0.4 is 9.80 Å². The lowest BCUT2D eigenvalue weighted by Crippen LogP contribution is -2.49. The Morgan fingerprint density at radius 3 is 2.41 bits per heavy atom. The SMILES string of the molecule is CC(C)n1cnc(S(=O)(=O)N2CCN(c3cc(N4CCOCC4)cnn3)CC2)c1. The summed E-state index contributed by atoms with van der Waals surface area (Å²) in [4.78, 5) is 8.42. The topological polar surface area (TPSA) is 96.7 Å². The van der Waals surface area contributed by atoms with Crippen molar-refractivity contribution in [1.82, 2.24) is 24.1 Å². The Morgan fingerprint density at radius 1 is 1.03 bits per heavy atom. The molecule has 0 amide bonds. The number of rotatable bonds is 5. The zero-order chi connectivity index (χ0) is 20.4. The van der Waals surface area contributed by atoms with Crippen molar-refractivity contribution in [3.05, 3.63) is 24.8 Å². The molecule has 0 atom stereocenters. The summed E-state index contributed by atoms with van der Waals surface area (Å²) in [5.41, 5.74) is 1.02. The minimum absolute atomic E-state index is 0.105. The molecule has 2 aliphatic rings. The van der Waals surface area contributed by atoms with Crippen LogP contribution in [0.3, 0.4) is 0 Å². The molecule has 10 nitrogen and oxygen atoms in total. The summed E-state index contributed by atoms with van der Waals surface area (Å²) in [6.45, 7) is 8.96. The van der Waals surface area contributed by atoms with Crippen LogP contribution in [0.5, 0.6) is 0 Å². The predicted octanol–water partition coefficient (Wildman–Crippen LogP) is 0.602. The predicted molar refractivity (Wildman–Crippen MR) is 109 cm³/mol. The number of hydrogen-bond acceptors (Lipinski definition) is 8. The van der Waals surface area contributed by atoms with E-state index in [0.29, 0.717) is 39.4 Å². The van der Waals surface area contributed by atoms with Crippen LogP contribution in [0.2, 0.25) is 0 Å². The maximum atomic E-state index is 12.9. The molecule has 4 rings (SSSR count). The van der Waals surface area contributed by atoms with E-state index in [0.717, 1.165) is 24.6 Å². The number of piperazine rings is 1. The second-order valence-electron chi connectivity index (χ2n) is 7.52. The van der Waals surface area contributed by atoms with Crippen molar-refractivity contribution in [1.29, 1.82) is 0 Å². The standard InChI is InChI=1S/C18H27N7O3S/c1-15(2)24-13-18(19-14-24)29(26,27)25-5-3-23(4-6-25)17-11-16(12-20-21-17)22-7-9-28-10-8-22/h11-15H,3-10H2,1-2H3. The quantitative estimate of drug-likeness (QED) is 0.693. The first-order valence-corrected chi connectivity index (χ1v) is 11.3. The summed E-state index contributed by atoms with van der Waals surface area (Å²) in [6.07, 6.45) is 4.94. The van der Waals surface area contributed by atoms with Crippen molar-refractivity contribution >= 4 is 21.5 Å². The summed E-state index contributed by atoms with van der Waals surface area (Å²) >= 11 is 0. The Kier molecular flexibility index (Phi) is 5.70. The normalized spacial score (nSPS) is 19.1. The van der Waals surface area contributed by atoms with E-state index < -0.39 is 10.0 Å². The van der Waals surface area contributed by atoms with Gasteiger partial charge in [0.25, 0.3) is 10.0 Å². The molecule has 158 valence electrons. The fraction of sp³-hybridized carbons (Fsp3) is 0.611. The van der Waals surface area contributed by atoms with Crippen LogP contribution in [0.15, 0.2) is 29.8 Å². The molecule has 2 aromatic rings. The molecule has 0 saturated carbocycles. The van der Waals surface area contributed by atoms with Crippen LogP contribution in [0, 0.1) is 0 Å².